The Morgan fingerprint density at radius 1 is 1.50 bits per heavy atom. The van der Waals surface area contributed by atoms with Gasteiger partial charge >= 0.3 is 12.1 Å². The third-order valence-electron chi connectivity index (χ3n) is 3.73. The third kappa shape index (κ3) is 4.60. The highest BCUT2D eigenvalue weighted by Gasteiger charge is 2.33. The summed E-state index contributed by atoms with van der Waals surface area (Å²) < 4.78 is 24.1. The molecule has 0 saturated heterocycles. The quantitative estimate of drug-likeness (QED) is 0.451. The van der Waals surface area contributed by atoms with Crippen LogP contribution in [0.15, 0.2) is 12.1 Å². The van der Waals surface area contributed by atoms with Crippen LogP contribution in [-0.4, -0.2) is 37.3 Å². The van der Waals surface area contributed by atoms with Crippen molar-refractivity contribution < 1.29 is 33.2 Å². The van der Waals surface area contributed by atoms with E-state index in [0.717, 1.165) is 5.56 Å². The molecule has 1 aromatic carbocycles. The summed E-state index contributed by atoms with van der Waals surface area (Å²) in [7, 11) is 1.20. The first-order valence-electron chi connectivity index (χ1n) is 6.99. The van der Waals surface area contributed by atoms with Crippen molar-refractivity contribution in [1.82, 2.24) is 0 Å². The number of esters is 1. The van der Waals surface area contributed by atoms with E-state index in [1.165, 1.54) is 20.1 Å². The molecule has 1 aliphatic rings. The van der Waals surface area contributed by atoms with E-state index in [4.69, 9.17) is 14.3 Å². The molecule has 8 nitrogen and oxygen atoms in total. The number of rotatable bonds is 5. The summed E-state index contributed by atoms with van der Waals surface area (Å²) in [5.74, 6) is -2.42. The van der Waals surface area contributed by atoms with Crippen LogP contribution in [0.2, 0.25) is 0 Å². The van der Waals surface area contributed by atoms with Gasteiger partial charge in [-0.25, -0.2) is 4.39 Å². The molecule has 2 rings (SSSR count). The van der Waals surface area contributed by atoms with Crippen LogP contribution in [-0.2, 0) is 25.5 Å². The lowest BCUT2D eigenvalue weighted by Gasteiger charge is -2.20. The van der Waals surface area contributed by atoms with Crippen LogP contribution in [0.4, 0.5) is 4.39 Å². The van der Waals surface area contributed by atoms with Gasteiger partial charge in [-0.1, -0.05) is 6.92 Å². The van der Waals surface area contributed by atoms with Crippen molar-refractivity contribution >= 4 is 12.1 Å². The van der Waals surface area contributed by atoms with Crippen LogP contribution >= 0.6 is 0 Å². The lowest BCUT2D eigenvalue weighted by molar-refractivity contribution is -0.484. The third-order valence-corrected chi connectivity index (χ3v) is 3.73. The molecule has 1 aromatic rings. The number of methoxy groups -OCH3 is 1. The van der Waals surface area contributed by atoms with E-state index in [1.54, 1.807) is 6.07 Å². The van der Waals surface area contributed by atoms with E-state index in [-0.39, 0.29) is 11.7 Å². The SMILES string of the molecule is COC(=O)C(C)[C@@H](C[N+](=O)[O-])c1cc2c(cc1F)OCC2.O=C=O. The Balaban J connectivity index is 0.000000891. The first kappa shape index (κ1) is 19.2. The van der Waals surface area contributed by atoms with E-state index in [9.17, 15) is 19.3 Å². The summed E-state index contributed by atoms with van der Waals surface area (Å²) in [6.45, 7) is 1.43. The van der Waals surface area contributed by atoms with E-state index in [2.05, 4.69) is 4.74 Å². The molecule has 0 radical (unpaired) electrons. The summed E-state index contributed by atoms with van der Waals surface area (Å²) >= 11 is 0. The molecule has 130 valence electrons. The maximum absolute atomic E-state index is 14.2. The lowest BCUT2D eigenvalue weighted by Crippen LogP contribution is -2.27. The maximum atomic E-state index is 14.2. The molecule has 24 heavy (non-hydrogen) atoms. The van der Waals surface area contributed by atoms with Crippen LogP contribution in [0.25, 0.3) is 0 Å². The zero-order valence-corrected chi connectivity index (χ0v) is 13.1. The van der Waals surface area contributed by atoms with Crippen LogP contribution in [0.3, 0.4) is 0 Å². The number of benzene rings is 1. The minimum absolute atomic E-state index is 0.161. The molecule has 0 amide bonds. The van der Waals surface area contributed by atoms with Gasteiger partial charge in [0.05, 0.1) is 25.6 Å². The topological polar surface area (TPSA) is 113 Å². The molecule has 0 spiro atoms. The molecule has 1 heterocycles. The standard InChI is InChI=1S/C14H16FNO5.CO2/c1-8(14(17)20-2)11(7-16(18)19)10-5-9-3-4-21-13(9)6-12(10)15;2-1-3/h5-6,8,11H,3-4,7H2,1-2H3;/t8?,11-;/m1./s1. The number of hydrogen-bond donors (Lipinski definition) is 0. The number of ether oxygens (including phenoxy) is 2. The minimum Gasteiger partial charge on any atom is -0.493 e. The van der Waals surface area contributed by atoms with Crippen molar-refractivity contribution in [3.8, 4) is 5.75 Å². The maximum Gasteiger partial charge on any atom is 0.373 e. The Kier molecular flexibility index (Phi) is 7.00. The average Bonchev–Trinajstić information content (AvgIpc) is 2.98. The molecule has 9 heteroatoms. The Hall–Kier alpha value is -2.80. The van der Waals surface area contributed by atoms with Gasteiger partial charge in [-0.05, 0) is 17.2 Å². The predicted octanol–water partition coefficient (Wildman–Crippen LogP) is 1.35. The first-order valence-corrected chi connectivity index (χ1v) is 6.99. The highest BCUT2D eigenvalue weighted by atomic mass is 19.1. The number of carbonyl (C=O) groups excluding carboxylic acids is 3. The zero-order chi connectivity index (χ0) is 18.3. The predicted molar refractivity (Wildman–Crippen MR) is 76.4 cm³/mol. The lowest BCUT2D eigenvalue weighted by atomic mass is 9.85. The van der Waals surface area contributed by atoms with Crippen LogP contribution < -0.4 is 4.74 Å². The molecule has 1 aliphatic heterocycles. The second kappa shape index (κ2) is 8.73. The molecule has 1 unspecified atom stereocenters. The number of carbonyl (C=O) groups is 1. The first-order chi connectivity index (χ1) is 11.3. The summed E-state index contributed by atoms with van der Waals surface area (Å²) in [6.07, 6.45) is 0.875. The number of nitro groups is 1. The van der Waals surface area contributed by atoms with Crippen molar-refractivity contribution in [3.63, 3.8) is 0 Å². The molecule has 0 N–H and O–H groups in total. The van der Waals surface area contributed by atoms with Crippen molar-refractivity contribution in [2.24, 2.45) is 5.92 Å². The van der Waals surface area contributed by atoms with Crippen molar-refractivity contribution in [2.75, 3.05) is 20.3 Å². The van der Waals surface area contributed by atoms with Gasteiger partial charge in [-0.15, -0.1) is 0 Å². The molecule has 0 aliphatic carbocycles. The average molecular weight is 341 g/mol. The fraction of sp³-hybridized carbons (Fsp3) is 0.467. The minimum atomic E-state index is -0.877. The second-order valence-electron chi connectivity index (χ2n) is 5.10. The number of hydrogen-bond acceptors (Lipinski definition) is 7. The molecule has 0 aromatic heterocycles. The second-order valence-corrected chi connectivity index (χ2v) is 5.10. The van der Waals surface area contributed by atoms with Crippen LogP contribution in [0.1, 0.15) is 24.0 Å². The molecule has 2 atom stereocenters. The number of halogens is 1. The number of fused-ring (bicyclic) bond motifs is 1. The van der Waals surface area contributed by atoms with E-state index >= 15 is 0 Å². The normalized spacial score (nSPS) is 14.1. The van der Waals surface area contributed by atoms with E-state index < -0.39 is 35.1 Å². The van der Waals surface area contributed by atoms with E-state index in [1.807, 2.05) is 0 Å². The smallest absolute Gasteiger partial charge is 0.373 e. The van der Waals surface area contributed by atoms with Gasteiger partial charge in [0.1, 0.15) is 11.6 Å². The molecule has 0 bridgehead atoms. The molecular weight excluding hydrogens is 325 g/mol. The molecular formula is C15H16FNO7. The Morgan fingerprint density at radius 2 is 2.12 bits per heavy atom. The largest absolute Gasteiger partial charge is 0.493 e. The van der Waals surface area contributed by atoms with Gasteiger partial charge in [0, 0.05) is 17.4 Å². The molecule has 0 saturated carbocycles. The monoisotopic (exact) mass is 341 g/mol. The summed E-state index contributed by atoms with van der Waals surface area (Å²) in [6, 6.07) is 2.79. The Morgan fingerprint density at radius 3 is 2.67 bits per heavy atom. The van der Waals surface area contributed by atoms with Gasteiger partial charge in [0.15, 0.2) is 0 Å². The van der Waals surface area contributed by atoms with Gasteiger partial charge in [0.2, 0.25) is 6.54 Å². The summed E-state index contributed by atoms with van der Waals surface area (Å²) in [5, 5.41) is 10.8. The van der Waals surface area contributed by atoms with Gasteiger partial charge in [-0.3, -0.25) is 14.9 Å². The number of nitrogens with zero attached hydrogens (tertiary/aromatic N) is 1. The van der Waals surface area contributed by atoms with Crippen molar-refractivity contribution in [1.29, 1.82) is 0 Å². The molecule has 0 fully saturated rings. The fourth-order valence-electron chi connectivity index (χ4n) is 2.54. The summed E-state index contributed by atoms with van der Waals surface area (Å²) in [4.78, 5) is 38.2. The highest BCUT2D eigenvalue weighted by Crippen LogP contribution is 2.34. The van der Waals surface area contributed by atoms with Gasteiger partial charge in [-0.2, -0.15) is 9.59 Å². The Bertz CT molecular complexity index is 655. The van der Waals surface area contributed by atoms with E-state index in [0.29, 0.717) is 18.8 Å². The van der Waals surface area contributed by atoms with Gasteiger partial charge < -0.3 is 9.47 Å². The van der Waals surface area contributed by atoms with Crippen LogP contribution in [0, 0.1) is 21.8 Å². The summed E-state index contributed by atoms with van der Waals surface area (Å²) in [5.41, 5.74) is 0.964. The van der Waals surface area contributed by atoms with Crippen molar-refractivity contribution in [2.45, 2.75) is 19.3 Å². The van der Waals surface area contributed by atoms with Crippen LogP contribution in [0.5, 0.6) is 5.75 Å². The zero-order valence-electron chi connectivity index (χ0n) is 13.1. The Labute approximate surface area is 136 Å². The van der Waals surface area contributed by atoms with Crippen molar-refractivity contribution in [3.05, 3.63) is 39.2 Å². The fourth-order valence-corrected chi connectivity index (χ4v) is 2.54. The highest BCUT2D eigenvalue weighted by molar-refractivity contribution is 5.73. The van der Waals surface area contributed by atoms with Gasteiger partial charge in [0.25, 0.3) is 0 Å².